The van der Waals surface area contributed by atoms with E-state index < -0.39 is 0 Å². The van der Waals surface area contributed by atoms with Crippen molar-refractivity contribution in [3.63, 3.8) is 0 Å². The third kappa shape index (κ3) is 2.62. The molecule has 0 heteroatoms. The van der Waals surface area contributed by atoms with Crippen molar-refractivity contribution in [2.24, 2.45) is 0 Å². The van der Waals surface area contributed by atoms with Crippen molar-refractivity contribution in [2.45, 2.75) is 57.8 Å². The summed E-state index contributed by atoms with van der Waals surface area (Å²) in [4.78, 5) is 0. The van der Waals surface area contributed by atoms with Crippen molar-refractivity contribution in [3.05, 3.63) is 47.5 Å². The molecule has 0 radical (unpaired) electrons. The van der Waals surface area contributed by atoms with E-state index in [1.54, 1.807) is 0 Å². The number of hydrogen-bond donors (Lipinski definition) is 0. The van der Waals surface area contributed by atoms with Gasteiger partial charge in [0.15, 0.2) is 0 Å². The van der Waals surface area contributed by atoms with Crippen LogP contribution in [-0.2, 0) is 5.41 Å². The van der Waals surface area contributed by atoms with Crippen molar-refractivity contribution in [2.75, 3.05) is 0 Å². The second kappa shape index (κ2) is 4.68. The maximum atomic E-state index is 4.10. The highest BCUT2D eigenvalue weighted by molar-refractivity contribution is 5.31. The molecule has 17 heavy (non-hydrogen) atoms. The Labute approximate surface area is 106 Å². The second-order valence-corrected chi connectivity index (χ2v) is 6.05. The Bertz CT molecular complexity index is 395. The third-order valence-electron chi connectivity index (χ3n) is 4.43. The highest BCUT2D eigenvalue weighted by atomic mass is 14.3. The Kier molecular flexibility index (Phi) is 3.42. The molecule has 1 aliphatic rings. The summed E-state index contributed by atoms with van der Waals surface area (Å²) in [7, 11) is 0. The zero-order chi connectivity index (χ0) is 12.5. The molecule has 0 aromatic heterocycles. The average Bonchev–Trinajstić information content (AvgIpc) is 2.76. The summed E-state index contributed by atoms with van der Waals surface area (Å²) in [6.45, 7) is 11.0. The van der Waals surface area contributed by atoms with Crippen LogP contribution in [0.15, 0.2) is 36.4 Å². The van der Waals surface area contributed by atoms with E-state index in [4.69, 9.17) is 0 Å². The van der Waals surface area contributed by atoms with Gasteiger partial charge in [0.25, 0.3) is 0 Å². The zero-order valence-corrected chi connectivity index (χ0v) is 11.4. The van der Waals surface area contributed by atoms with E-state index in [-0.39, 0.29) is 0 Å². The topological polar surface area (TPSA) is 0 Å². The van der Waals surface area contributed by atoms with Gasteiger partial charge in [-0.25, -0.2) is 0 Å². The molecule has 1 saturated carbocycles. The number of allylic oxidation sites excluding steroid dienone is 1. The largest absolute Gasteiger partial charge is 0.0998 e. The lowest BCUT2D eigenvalue weighted by Gasteiger charge is -2.24. The summed E-state index contributed by atoms with van der Waals surface area (Å²) >= 11 is 0. The van der Waals surface area contributed by atoms with Gasteiger partial charge in [0, 0.05) is 0 Å². The summed E-state index contributed by atoms with van der Waals surface area (Å²) in [5.74, 6) is 0.723. The standard InChI is InChI=1S/C17H24/c1-5-17(3,4)16-10-8-14(9-11-16)15-7-6-13(2)12-15/h8-11,15H,2,5-7,12H2,1,3-4H3. The molecule has 0 N–H and O–H groups in total. The van der Waals surface area contributed by atoms with Gasteiger partial charge in [0.2, 0.25) is 0 Å². The maximum Gasteiger partial charge on any atom is -0.0106 e. The van der Waals surface area contributed by atoms with Gasteiger partial charge in [-0.15, -0.1) is 0 Å². The van der Waals surface area contributed by atoms with Gasteiger partial charge >= 0.3 is 0 Å². The van der Waals surface area contributed by atoms with E-state index in [2.05, 4.69) is 51.6 Å². The molecule has 0 amide bonds. The minimum absolute atomic E-state index is 0.303. The molecule has 1 aromatic carbocycles. The minimum Gasteiger partial charge on any atom is -0.0998 e. The van der Waals surface area contributed by atoms with Crippen LogP contribution in [-0.4, -0.2) is 0 Å². The Morgan fingerprint density at radius 2 is 1.88 bits per heavy atom. The lowest BCUT2D eigenvalue weighted by atomic mass is 9.81. The van der Waals surface area contributed by atoms with Crippen LogP contribution in [0.1, 0.15) is 63.5 Å². The maximum absolute atomic E-state index is 4.10. The number of rotatable bonds is 3. The van der Waals surface area contributed by atoms with Gasteiger partial charge in [-0.2, -0.15) is 0 Å². The number of benzene rings is 1. The Morgan fingerprint density at radius 1 is 1.24 bits per heavy atom. The lowest BCUT2D eigenvalue weighted by molar-refractivity contribution is 0.506. The SMILES string of the molecule is C=C1CCC(c2ccc(C(C)(C)CC)cc2)C1. The first kappa shape index (κ1) is 12.4. The Morgan fingerprint density at radius 3 is 2.35 bits per heavy atom. The monoisotopic (exact) mass is 228 g/mol. The smallest absolute Gasteiger partial charge is 0.0106 e. The molecule has 0 bridgehead atoms. The van der Waals surface area contributed by atoms with Crippen LogP contribution in [0, 0.1) is 0 Å². The molecular weight excluding hydrogens is 204 g/mol. The highest BCUT2D eigenvalue weighted by Gasteiger charge is 2.21. The summed E-state index contributed by atoms with van der Waals surface area (Å²) in [5.41, 5.74) is 4.69. The molecule has 0 aliphatic heterocycles. The quantitative estimate of drug-likeness (QED) is 0.624. The molecular formula is C17H24. The van der Waals surface area contributed by atoms with Crippen LogP contribution < -0.4 is 0 Å². The predicted octanol–water partition coefficient (Wildman–Crippen LogP) is 5.20. The van der Waals surface area contributed by atoms with Gasteiger partial charge in [0.1, 0.15) is 0 Å². The molecule has 1 aromatic rings. The van der Waals surface area contributed by atoms with Gasteiger partial charge in [-0.05, 0) is 48.1 Å². The fraction of sp³-hybridized carbons (Fsp3) is 0.529. The van der Waals surface area contributed by atoms with Crippen LogP contribution >= 0.6 is 0 Å². The fourth-order valence-electron chi connectivity index (χ4n) is 2.63. The Hall–Kier alpha value is -1.04. The molecule has 1 fully saturated rings. The average molecular weight is 228 g/mol. The van der Waals surface area contributed by atoms with E-state index in [0.29, 0.717) is 5.41 Å². The van der Waals surface area contributed by atoms with E-state index in [1.165, 1.54) is 42.4 Å². The van der Waals surface area contributed by atoms with Crippen LogP contribution in [0.2, 0.25) is 0 Å². The van der Waals surface area contributed by atoms with Crippen LogP contribution in [0.5, 0.6) is 0 Å². The highest BCUT2D eigenvalue weighted by Crippen LogP contribution is 2.37. The predicted molar refractivity (Wildman–Crippen MR) is 75.5 cm³/mol. The van der Waals surface area contributed by atoms with Crippen molar-refractivity contribution in [3.8, 4) is 0 Å². The third-order valence-corrected chi connectivity index (χ3v) is 4.43. The van der Waals surface area contributed by atoms with Crippen molar-refractivity contribution in [1.82, 2.24) is 0 Å². The molecule has 0 nitrogen and oxygen atoms in total. The molecule has 92 valence electrons. The van der Waals surface area contributed by atoms with Crippen LogP contribution in [0.25, 0.3) is 0 Å². The van der Waals surface area contributed by atoms with E-state index in [9.17, 15) is 0 Å². The van der Waals surface area contributed by atoms with E-state index in [0.717, 1.165) is 5.92 Å². The van der Waals surface area contributed by atoms with Crippen molar-refractivity contribution in [1.29, 1.82) is 0 Å². The molecule has 0 saturated heterocycles. The van der Waals surface area contributed by atoms with Gasteiger partial charge in [-0.1, -0.05) is 57.2 Å². The minimum atomic E-state index is 0.303. The summed E-state index contributed by atoms with van der Waals surface area (Å²) in [6.07, 6.45) is 4.88. The van der Waals surface area contributed by atoms with E-state index in [1.807, 2.05) is 0 Å². The van der Waals surface area contributed by atoms with Crippen LogP contribution in [0.3, 0.4) is 0 Å². The first-order valence-corrected chi connectivity index (χ1v) is 6.80. The summed E-state index contributed by atoms with van der Waals surface area (Å²) in [5, 5.41) is 0. The van der Waals surface area contributed by atoms with Gasteiger partial charge in [-0.3, -0.25) is 0 Å². The fourth-order valence-corrected chi connectivity index (χ4v) is 2.63. The molecule has 0 spiro atoms. The number of hydrogen-bond acceptors (Lipinski definition) is 0. The normalized spacial score (nSPS) is 20.9. The summed E-state index contributed by atoms with van der Waals surface area (Å²) in [6, 6.07) is 9.30. The second-order valence-electron chi connectivity index (χ2n) is 6.05. The first-order chi connectivity index (χ1) is 8.03. The van der Waals surface area contributed by atoms with Crippen molar-refractivity contribution >= 4 is 0 Å². The zero-order valence-electron chi connectivity index (χ0n) is 11.4. The molecule has 0 heterocycles. The van der Waals surface area contributed by atoms with Crippen molar-refractivity contribution < 1.29 is 0 Å². The lowest BCUT2D eigenvalue weighted by Crippen LogP contribution is -2.15. The summed E-state index contributed by atoms with van der Waals surface area (Å²) < 4.78 is 0. The molecule has 2 rings (SSSR count). The van der Waals surface area contributed by atoms with Gasteiger partial charge < -0.3 is 0 Å². The van der Waals surface area contributed by atoms with Crippen LogP contribution in [0.4, 0.5) is 0 Å². The Balaban J connectivity index is 2.16. The van der Waals surface area contributed by atoms with E-state index >= 15 is 0 Å². The molecule has 1 atom stereocenters. The molecule has 1 unspecified atom stereocenters. The first-order valence-electron chi connectivity index (χ1n) is 6.80. The molecule has 1 aliphatic carbocycles. The van der Waals surface area contributed by atoms with Gasteiger partial charge in [0.05, 0.1) is 0 Å².